The summed E-state index contributed by atoms with van der Waals surface area (Å²) in [5.41, 5.74) is 2.84. The van der Waals surface area contributed by atoms with Gasteiger partial charge >= 0.3 is 0 Å². The molecule has 1 N–H and O–H groups in total. The Hall–Kier alpha value is -4.35. The van der Waals surface area contributed by atoms with Gasteiger partial charge in [-0.05, 0) is 54.4 Å². The molecule has 1 atom stereocenters. The number of ether oxygens (including phenoxy) is 2. The summed E-state index contributed by atoms with van der Waals surface area (Å²) in [5, 5.41) is 2.69. The Labute approximate surface area is 273 Å². The van der Waals surface area contributed by atoms with Crippen LogP contribution in [0.5, 0.6) is 11.5 Å². The molecule has 0 aromatic heterocycles. The summed E-state index contributed by atoms with van der Waals surface area (Å²) in [6.07, 6.45) is 0.229. The van der Waals surface area contributed by atoms with Crippen LogP contribution in [-0.2, 0) is 32.6 Å². The fourth-order valence-corrected chi connectivity index (χ4v) is 6.77. The summed E-state index contributed by atoms with van der Waals surface area (Å²) in [6.45, 7) is 1.40. The molecule has 0 radical (unpaired) electrons. The Bertz CT molecular complexity index is 1730. The standard InChI is InChI=1S/C34H36BrN3O6S/c1-24-13-15-28(16-14-24)38(45(41,42)29-17-18-31(43-3)32(21-29)44-4)23-33(39)37(22-26-11-8-12-27(35)19-26)30(34(40)36-2)20-25-9-6-5-7-10-25/h5-19,21,30H,20,22-23H2,1-4H3,(H,36,40). The Morgan fingerprint density at radius 1 is 0.844 bits per heavy atom. The second-order valence-electron chi connectivity index (χ2n) is 10.3. The molecule has 4 aromatic carbocycles. The number of carbonyl (C=O) groups is 2. The largest absolute Gasteiger partial charge is 0.493 e. The summed E-state index contributed by atoms with van der Waals surface area (Å²) < 4.78 is 41.1. The third kappa shape index (κ3) is 8.23. The maximum Gasteiger partial charge on any atom is 0.264 e. The first-order chi connectivity index (χ1) is 21.6. The maximum atomic E-state index is 14.4. The summed E-state index contributed by atoms with van der Waals surface area (Å²) in [6, 6.07) is 27.0. The van der Waals surface area contributed by atoms with Gasteiger partial charge in [0.15, 0.2) is 11.5 Å². The van der Waals surface area contributed by atoms with Crippen molar-refractivity contribution in [3.05, 3.63) is 118 Å². The smallest absolute Gasteiger partial charge is 0.264 e. The molecule has 1 unspecified atom stereocenters. The molecule has 0 heterocycles. The lowest BCUT2D eigenvalue weighted by molar-refractivity contribution is -0.139. The van der Waals surface area contributed by atoms with E-state index < -0.39 is 28.5 Å². The van der Waals surface area contributed by atoms with Gasteiger partial charge < -0.3 is 19.7 Å². The van der Waals surface area contributed by atoms with E-state index in [9.17, 15) is 18.0 Å². The molecule has 0 aliphatic rings. The maximum absolute atomic E-state index is 14.4. The first-order valence-corrected chi connectivity index (χ1v) is 16.4. The number of sulfonamides is 1. The molecule has 9 nitrogen and oxygen atoms in total. The van der Waals surface area contributed by atoms with Crippen LogP contribution in [0.15, 0.2) is 106 Å². The minimum absolute atomic E-state index is 0.0708. The quantitative estimate of drug-likeness (QED) is 0.202. The Morgan fingerprint density at radius 3 is 2.13 bits per heavy atom. The normalized spacial score (nSPS) is 11.8. The zero-order valence-electron chi connectivity index (χ0n) is 25.6. The number of benzene rings is 4. The highest BCUT2D eigenvalue weighted by Crippen LogP contribution is 2.32. The van der Waals surface area contributed by atoms with Gasteiger partial charge in [-0.2, -0.15) is 0 Å². The van der Waals surface area contributed by atoms with E-state index >= 15 is 0 Å². The fourth-order valence-electron chi connectivity index (χ4n) is 4.90. The molecule has 0 fully saturated rings. The highest BCUT2D eigenvalue weighted by atomic mass is 79.9. The van der Waals surface area contributed by atoms with E-state index in [-0.39, 0.29) is 29.5 Å². The molecule has 0 saturated heterocycles. The van der Waals surface area contributed by atoms with Crippen molar-refractivity contribution in [2.45, 2.75) is 30.8 Å². The number of amides is 2. The summed E-state index contributed by atoms with van der Waals surface area (Å²) in [7, 11) is 0.0927. The van der Waals surface area contributed by atoms with E-state index in [0.717, 1.165) is 25.5 Å². The van der Waals surface area contributed by atoms with Crippen molar-refractivity contribution in [1.82, 2.24) is 10.2 Å². The molecule has 45 heavy (non-hydrogen) atoms. The lowest BCUT2D eigenvalue weighted by atomic mass is 10.0. The van der Waals surface area contributed by atoms with E-state index in [2.05, 4.69) is 21.2 Å². The van der Waals surface area contributed by atoms with Crippen LogP contribution in [0.4, 0.5) is 5.69 Å². The summed E-state index contributed by atoms with van der Waals surface area (Å²) in [4.78, 5) is 29.2. The zero-order chi connectivity index (χ0) is 32.6. The SMILES string of the molecule is CNC(=O)C(Cc1ccccc1)N(Cc1cccc(Br)c1)C(=O)CN(c1ccc(C)cc1)S(=O)(=O)c1ccc(OC)c(OC)c1. The monoisotopic (exact) mass is 693 g/mol. The van der Waals surface area contributed by atoms with Gasteiger partial charge in [0, 0.05) is 30.6 Å². The number of anilines is 1. The first-order valence-electron chi connectivity index (χ1n) is 14.2. The van der Waals surface area contributed by atoms with Crippen LogP contribution in [0.2, 0.25) is 0 Å². The molecule has 0 saturated carbocycles. The topological polar surface area (TPSA) is 105 Å². The molecule has 0 bridgehead atoms. The van der Waals surface area contributed by atoms with Crippen molar-refractivity contribution in [2.24, 2.45) is 0 Å². The number of nitrogens with one attached hydrogen (secondary N) is 1. The third-order valence-electron chi connectivity index (χ3n) is 7.30. The van der Waals surface area contributed by atoms with E-state index in [1.807, 2.05) is 61.5 Å². The lowest BCUT2D eigenvalue weighted by Crippen LogP contribution is -2.53. The molecule has 0 spiro atoms. The molecule has 4 rings (SSSR count). The van der Waals surface area contributed by atoms with Crippen molar-refractivity contribution in [1.29, 1.82) is 0 Å². The Balaban J connectivity index is 1.81. The van der Waals surface area contributed by atoms with Crippen LogP contribution in [0, 0.1) is 6.92 Å². The van der Waals surface area contributed by atoms with Crippen molar-refractivity contribution in [3.8, 4) is 11.5 Å². The van der Waals surface area contributed by atoms with Crippen LogP contribution in [0.1, 0.15) is 16.7 Å². The number of rotatable bonds is 13. The highest BCUT2D eigenvalue weighted by Gasteiger charge is 2.34. The van der Waals surface area contributed by atoms with Crippen LogP contribution < -0.4 is 19.1 Å². The van der Waals surface area contributed by atoms with E-state index in [4.69, 9.17) is 9.47 Å². The minimum Gasteiger partial charge on any atom is -0.493 e. The van der Waals surface area contributed by atoms with Crippen LogP contribution in [-0.4, -0.2) is 59.0 Å². The summed E-state index contributed by atoms with van der Waals surface area (Å²) >= 11 is 3.48. The van der Waals surface area contributed by atoms with E-state index in [1.165, 1.54) is 44.4 Å². The first kappa shape index (κ1) is 33.5. The number of hydrogen-bond donors (Lipinski definition) is 1. The number of halogens is 1. The average Bonchev–Trinajstić information content (AvgIpc) is 3.05. The third-order valence-corrected chi connectivity index (χ3v) is 9.57. The minimum atomic E-state index is -4.30. The number of nitrogens with zero attached hydrogens (tertiary/aromatic N) is 2. The van der Waals surface area contributed by atoms with Crippen LogP contribution in [0.25, 0.3) is 0 Å². The van der Waals surface area contributed by atoms with Gasteiger partial charge in [0.1, 0.15) is 12.6 Å². The summed E-state index contributed by atoms with van der Waals surface area (Å²) in [5.74, 6) is -0.326. The van der Waals surface area contributed by atoms with E-state index in [1.54, 1.807) is 24.3 Å². The highest BCUT2D eigenvalue weighted by molar-refractivity contribution is 9.10. The Kier molecular flexibility index (Phi) is 11.2. The Morgan fingerprint density at radius 2 is 1.51 bits per heavy atom. The zero-order valence-corrected chi connectivity index (χ0v) is 28.0. The average molecular weight is 695 g/mol. The molecule has 11 heteroatoms. The van der Waals surface area contributed by atoms with Gasteiger partial charge in [-0.15, -0.1) is 0 Å². The molecular formula is C34H36BrN3O6S. The van der Waals surface area contributed by atoms with Crippen molar-refractivity contribution >= 4 is 43.5 Å². The molecule has 4 aromatic rings. The molecule has 0 aliphatic heterocycles. The van der Waals surface area contributed by atoms with Gasteiger partial charge in [0.2, 0.25) is 11.8 Å². The van der Waals surface area contributed by atoms with Gasteiger partial charge in [0.05, 0.1) is 24.8 Å². The van der Waals surface area contributed by atoms with Gasteiger partial charge in [-0.1, -0.05) is 76.1 Å². The van der Waals surface area contributed by atoms with Crippen LogP contribution >= 0.6 is 15.9 Å². The molecule has 236 valence electrons. The molecule has 2 amide bonds. The van der Waals surface area contributed by atoms with Crippen molar-refractivity contribution < 1.29 is 27.5 Å². The second kappa shape index (κ2) is 15.1. The molecular weight excluding hydrogens is 658 g/mol. The van der Waals surface area contributed by atoms with Crippen molar-refractivity contribution in [3.63, 3.8) is 0 Å². The van der Waals surface area contributed by atoms with Gasteiger partial charge in [0.25, 0.3) is 10.0 Å². The number of likely N-dealkylation sites (N-methyl/N-ethyl adjacent to an activating group) is 1. The number of carbonyl (C=O) groups excluding carboxylic acids is 2. The second-order valence-corrected chi connectivity index (χ2v) is 13.1. The molecule has 0 aliphatic carbocycles. The number of methoxy groups -OCH3 is 2. The van der Waals surface area contributed by atoms with Crippen LogP contribution in [0.3, 0.4) is 0 Å². The number of hydrogen-bond acceptors (Lipinski definition) is 6. The van der Waals surface area contributed by atoms with Crippen molar-refractivity contribution in [2.75, 3.05) is 32.1 Å². The van der Waals surface area contributed by atoms with E-state index in [0.29, 0.717) is 11.4 Å². The van der Waals surface area contributed by atoms with Gasteiger partial charge in [-0.3, -0.25) is 13.9 Å². The predicted octanol–water partition coefficient (Wildman–Crippen LogP) is 5.36. The number of aryl methyl sites for hydroxylation is 1. The lowest BCUT2D eigenvalue weighted by Gasteiger charge is -2.33. The van der Waals surface area contributed by atoms with Gasteiger partial charge in [-0.25, -0.2) is 8.42 Å². The fraction of sp³-hybridized carbons (Fsp3) is 0.235. The predicted molar refractivity (Wildman–Crippen MR) is 178 cm³/mol.